The number of amidine groups is 1. The first-order valence-electron chi connectivity index (χ1n) is 6.38. The van der Waals surface area contributed by atoms with Gasteiger partial charge < -0.3 is 10.9 Å². The summed E-state index contributed by atoms with van der Waals surface area (Å²) in [5, 5.41) is 11.8. The van der Waals surface area contributed by atoms with Gasteiger partial charge >= 0.3 is 0 Å². The maximum atomic E-state index is 14.0. The van der Waals surface area contributed by atoms with E-state index in [1.54, 1.807) is 0 Å². The molecule has 0 saturated carbocycles. The smallest absolute Gasteiger partial charge is 0.156 e. The lowest BCUT2D eigenvalue weighted by molar-refractivity contribution is 0.174. The van der Waals surface area contributed by atoms with Gasteiger partial charge in [0.2, 0.25) is 0 Å². The molecule has 0 spiro atoms. The van der Waals surface area contributed by atoms with E-state index in [2.05, 4.69) is 21.1 Å². The Morgan fingerprint density at radius 1 is 1.45 bits per heavy atom. The van der Waals surface area contributed by atoms with Crippen LogP contribution in [0.15, 0.2) is 21.8 Å². The van der Waals surface area contributed by atoms with E-state index in [1.165, 1.54) is 12.1 Å². The minimum Gasteiger partial charge on any atom is -0.409 e. The van der Waals surface area contributed by atoms with E-state index < -0.39 is 11.6 Å². The number of nitrogens with two attached hydrogens (primary N) is 1. The van der Waals surface area contributed by atoms with Crippen molar-refractivity contribution in [2.45, 2.75) is 31.8 Å². The molecule has 2 rings (SSSR count). The molecule has 4 nitrogen and oxygen atoms in total. The van der Waals surface area contributed by atoms with Crippen molar-refractivity contribution in [3.05, 3.63) is 33.8 Å². The quantitative estimate of drug-likeness (QED) is 0.290. The fourth-order valence-electron chi connectivity index (χ4n) is 2.50. The van der Waals surface area contributed by atoms with Gasteiger partial charge in [0, 0.05) is 12.1 Å². The van der Waals surface area contributed by atoms with Crippen molar-refractivity contribution in [3.63, 3.8) is 0 Å². The zero-order valence-electron chi connectivity index (χ0n) is 10.8. The predicted molar refractivity (Wildman–Crippen MR) is 75.5 cm³/mol. The maximum absolute atomic E-state index is 14.0. The monoisotopic (exact) mass is 347 g/mol. The van der Waals surface area contributed by atoms with Crippen LogP contribution < -0.4 is 5.73 Å². The number of likely N-dealkylation sites (tertiary alicyclic amines) is 1. The third-order valence-corrected chi connectivity index (χ3v) is 4.18. The second kappa shape index (κ2) is 6.49. The molecule has 0 radical (unpaired) electrons. The van der Waals surface area contributed by atoms with E-state index in [4.69, 9.17) is 10.9 Å². The molecule has 0 bridgehead atoms. The highest BCUT2D eigenvalue weighted by Crippen LogP contribution is 2.26. The molecule has 1 aliphatic rings. The summed E-state index contributed by atoms with van der Waals surface area (Å²) >= 11 is 3.05. The van der Waals surface area contributed by atoms with E-state index >= 15 is 0 Å². The second-order valence-electron chi connectivity index (χ2n) is 4.83. The number of hydrogen-bond donors (Lipinski definition) is 2. The molecule has 0 aromatic heterocycles. The summed E-state index contributed by atoms with van der Waals surface area (Å²) in [5.41, 5.74) is 5.66. The standard InChI is InChI=1S/C13H16BrF2N3O/c14-9-4-5-10(15)8(12(9)16)7-19-6-2-1-3-11(19)13(17)18-20/h4-5,11,20H,1-3,6-7H2,(H2,17,18). The van der Waals surface area contributed by atoms with Crippen molar-refractivity contribution < 1.29 is 14.0 Å². The Labute approximate surface area is 124 Å². The molecule has 20 heavy (non-hydrogen) atoms. The maximum Gasteiger partial charge on any atom is 0.156 e. The van der Waals surface area contributed by atoms with Crippen LogP contribution in [0.2, 0.25) is 0 Å². The number of hydrogen-bond acceptors (Lipinski definition) is 3. The molecule has 1 saturated heterocycles. The van der Waals surface area contributed by atoms with E-state index in [0.717, 1.165) is 12.8 Å². The van der Waals surface area contributed by atoms with Gasteiger partial charge in [-0.25, -0.2) is 8.78 Å². The van der Waals surface area contributed by atoms with Crippen LogP contribution in [0, 0.1) is 11.6 Å². The highest BCUT2D eigenvalue weighted by Gasteiger charge is 2.28. The average molecular weight is 348 g/mol. The first-order chi connectivity index (χ1) is 9.54. The van der Waals surface area contributed by atoms with Crippen LogP contribution in [0.25, 0.3) is 0 Å². The number of piperidine rings is 1. The third-order valence-electron chi connectivity index (χ3n) is 3.57. The van der Waals surface area contributed by atoms with Crippen molar-refractivity contribution in [1.29, 1.82) is 0 Å². The Hall–Kier alpha value is -1.21. The molecule has 110 valence electrons. The molecule has 1 aromatic rings. The molecule has 1 heterocycles. The fraction of sp³-hybridized carbons (Fsp3) is 0.462. The summed E-state index contributed by atoms with van der Waals surface area (Å²) in [7, 11) is 0. The second-order valence-corrected chi connectivity index (χ2v) is 5.68. The summed E-state index contributed by atoms with van der Waals surface area (Å²) in [4.78, 5) is 1.84. The van der Waals surface area contributed by atoms with Crippen LogP contribution in [0.1, 0.15) is 24.8 Å². The van der Waals surface area contributed by atoms with Gasteiger partial charge in [0.1, 0.15) is 11.6 Å². The Bertz CT molecular complexity index is 525. The number of nitrogens with zero attached hydrogens (tertiary/aromatic N) is 2. The van der Waals surface area contributed by atoms with Gasteiger partial charge in [0.25, 0.3) is 0 Å². The highest BCUT2D eigenvalue weighted by molar-refractivity contribution is 9.10. The van der Waals surface area contributed by atoms with Crippen LogP contribution in [0.4, 0.5) is 8.78 Å². The zero-order valence-corrected chi connectivity index (χ0v) is 12.4. The summed E-state index contributed by atoms with van der Waals surface area (Å²) in [5.74, 6) is -1.11. The topological polar surface area (TPSA) is 61.9 Å². The van der Waals surface area contributed by atoms with Crippen molar-refractivity contribution in [2.75, 3.05) is 6.54 Å². The van der Waals surface area contributed by atoms with Crippen LogP contribution in [-0.4, -0.2) is 28.5 Å². The lowest BCUT2D eigenvalue weighted by Crippen LogP contribution is -2.47. The number of benzene rings is 1. The van der Waals surface area contributed by atoms with E-state index in [0.29, 0.717) is 13.0 Å². The van der Waals surface area contributed by atoms with Crippen LogP contribution in [-0.2, 0) is 6.54 Å². The van der Waals surface area contributed by atoms with Gasteiger partial charge in [-0.2, -0.15) is 0 Å². The fourth-order valence-corrected chi connectivity index (χ4v) is 2.87. The predicted octanol–water partition coefficient (Wildman–Crippen LogP) is 2.83. The Balaban J connectivity index is 2.25. The van der Waals surface area contributed by atoms with Crippen molar-refractivity contribution in [3.8, 4) is 0 Å². The number of oxime groups is 1. The summed E-state index contributed by atoms with van der Waals surface area (Å²) in [6, 6.07) is 2.28. The van der Waals surface area contributed by atoms with Gasteiger partial charge in [-0.15, -0.1) is 0 Å². The largest absolute Gasteiger partial charge is 0.409 e. The molecule has 0 aliphatic carbocycles. The van der Waals surface area contributed by atoms with Crippen molar-refractivity contribution in [2.24, 2.45) is 10.9 Å². The molecule has 1 unspecified atom stereocenters. The molecular weight excluding hydrogens is 332 g/mol. The minimum atomic E-state index is -0.603. The Kier molecular flexibility index (Phi) is 4.93. The van der Waals surface area contributed by atoms with Gasteiger partial charge in [0.15, 0.2) is 5.84 Å². The molecule has 3 N–H and O–H groups in total. The SMILES string of the molecule is N/C(=N/O)C1CCCCN1Cc1c(F)ccc(Br)c1F. The lowest BCUT2D eigenvalue weighted by Gasteiger charge is -2.34. The van der Waals surface area contributed by atoms with Crippen LogP contribution >= 0.6 is 15.9 Å². The lowest BCUT2D eigenvalue weighted by atomic mass is 10.00. The summed E-state index contributed by atoms with van der Waals surface area (Å²) in [6.07, 6.45) is 2.58. The normalized spacial score (nSPS) is 21.1. The summed E-state index contributed by atoms with van der Waals surface area (Å²) in [6.45, 7) is 0.754. The molecule has 1 aromatic carbocycles. The molecule has 0 amide bonds. The van der Waals surface area contributed by atoms with Crippen molar-refractivity contribution >= 4 is 21.8 Å². The van der Waals surface area contributed by atoms with E-state index in [-0.39, 0.29) is 28.5 Å². The van der Waals surface area contributed by atoms with Gasteiger partial charge in [-0.3, -0.25) is 4.90 Å². The average Bonchev–Trinajstić information content (AvgIpc) is 2.47. The molecular formula is C13H16BrF2N3O. The van der Waals surface area contributed by atoms with Crippen LogP contribution in [0.3, 0.4) is 0 Å². The number of halogens is 3. The van der Waals surface area contributed by atoms with Crippen LogP contribution in [0.5, 0.6) is 0 Å². The van der Waals surface area contributed by atoms with Gasteiger partial charge in [0.05, 0.1) is 10.5 Å². The third kappa shape index (κ3) is 3.09. The van der Waals surface area contributed by atoms with Crippen molar-refractivity contribution in [1.82, 2.24) is 4.90 Å². The molecule has 7 heteroatoms. The highest BCUT2D eigenvalue weighted by atomic mass is 79.9. The zero-order chi connectivity index (χ0) is 14.7. The molecule has 1 fully saturated rings. The molecule has 1 atom stereocenters. The number of rotatable bonds is 3. The Morgan fingerprint density at radius 2 is 2.20 bits per heavy atom. The first kappa shape index (κ1) is 15.2. The summed E-state index contributed by atoms with van der Waals surface area (Å²) < 4.78 is 28.0. The van der Waals surface area contributed by atoms with Gasteiger partial charge in [-0.05, 0) is 47.4 Å². The van der Waals surface area contributed by atoms with Gasteiger partial charge in [-0.1, -0.05) is 11.6 Å². The minimum absolute atomic E-state index is 0.00276. The Morgan fingerprint density at radius 3 is 2.90 bits per heavy atom. The molecule has 1 aliphatic heterocycles. The first-order valence-corrected chi connectivity index (χ1v) is 7.17. The van der Waals surface area contributed by atoms with E-state index in [1.807, 2.05) is 4.90 Å². The van der Waals surface area contributed by atoms with E-state index in [9.17, 15) is 8.78 Å².